The molecule has 0 fully saturated rings. The monoisotopic (exact) mass is 513 g/mol. The second-order valence-corrected chi connectivity index (χ2v) is 9.36. The lowest BCUT2D eigenvalue weighted by molar-refractivity contribution is -0.384. The highest BCUT2D eigenvalue weighted by atomic mass is 32.2. The molecule has 37 heavy (non-hydrogen) atoms. The van der Waals surface area contributed by atoms with Crippen molar-refractivity contribution in [1.29, 1.82) is 0 Å². The van der Waals surface area contributed by atoms with Gasteiger partial charge in [-0.3, -0.25) is 10.1 Å². The van der Waals surface area contributed by atoms with Gasteiger partial charge in [-0.15, -0.1) is 5.10 Å². The van der Waals surface area contributed by atoms with Crippen molar-refractivity contribution >= 4 is 29.4 Å². The number of nitrogens with zero attached hydrogens (tertiary/aromatic N) is 4. The van der Waals surface area contributed by atoms with Crippen LogP contribution < -0.4 is 5.32 Å². The van der Waals surface area contributed by atoms with Gasteiger partial charge in [0.25, 0.3) is 5.69 Å². The molecule has 0 saturated carbocycles. The van der Waals surface area contributed by atoms with E-state index in [1.54, 1.807) is 23.7 Å². The quantitative estimate of drug-likeness (QED) is 0.142. The van der Waals surface area contributed by atoms with Gasteiger partial charge in [0.1, 0.15) is 12.6 Å². The summed E-state index contributed by atoms with van der Waals surface area (Å²) in [6, 6.07) is 24.9. The van der Waals surface area contributed by atoms with Crippen LogP contribution in [0.25, 0.3) is 0 Å². The molecule has 0 amide bonds. The Hall–Kier alpha value is -4.44. The molecule has 1 aromatic heterocycles. The summed E-state index contributed by atoms with van der Waals surface area (Å²) in [5.41, 5.74) is 3.57. The zero-order chi connectivity index (χ0) is 25.8. The second kappa shape index (κ2) is 10.7. The van der Waals surface area contributed by atoms with Crippen molar-refractivity contribution in [2.75, 3.05) is 5.32 Å². The number of aromatic nitrogens is 3. The zero-order valence-electron chi connectivity index (χ0n) is 19.9. The number of carbonyl (C=O) groups excluding carboxylic acids is 1. The maximum Gasteiger partial charge on any atom is 0.338 e. The molecule has 1 aliphatic rings. The van der Waals surface area contributed by atoms with E-state index in [0.717, 1.165) is 11.1 Å². The molecule has 186 valence electrons. The number of hydrogen-bond acceptors (Lipinski definition) is 8. The average Bonchev–Trinajstić information content (AvgIpc) is 3.33. The first-order valence-corrected chi connectivity index (χ1v) is 12.5. The Labute approximate surface area is 217 Å². The number of nitrogens with one attached hydrogen (secondary N) is 1. The van der Waals surface area contributed by atoms with Crippen LogP contribution in [0.1, 0.15) is 29.7 Å². The van der Waals surface area contributed by atoms with Crippen molar-refractivity contribution in [2.45, 2.75) is 30.5 Å². The highest BCUT2D eigenvalue weighted by molar-refractivity contribution is 7.98. The van der Waals surface area contributed by atoms with Crippen molar-refractivity contribution in [1.82, 2.24) is 14.8 Å². The minimum atomic E-state index is -0.668. The van der Waals surface area contributed by atoms with Crippen LogP contribution in [0.4, 0.5) is 11.6 Å². The molecule has 0 aliphatic carbocycles. The highest BCUT2D eigenvalue weighted by Gasteiger charge is 2.35. The summed E-state index contributed by atoms with van der Waals surface area (Å²) in [4.78, 5) is 28.8. The summed E-state index contributed by atoms with van der Waals surface area (Å²) in [6.45, 7) is 1.90. The van der Waals surface area contributed by atoms with E-state index in [1.165, 1.54) is 23.9 Å². The van der Waals surface area contributed by atoms with E-state index < -0.39 is 16.9 Å². The predicted molar refractivity (Wildman–Crippen MR) is 140 cm³/mol. The van der Waals surface area contributed by atoms with Crippen molar-refractivity contribution in [3.63, 3.8) is 0 Å². The minimum absolute atomic E-state index is 0.0375. The van der Waals surface area contributed by atoms with Gasteiger partial charge in [-0.25, -0.2) is 9.48 Å². The Morgan fingerprint density at radius 2 is 1.68 bits per heavy atom. The first-order chi connectivity index (χ1) is 18.0. The van der Waals surface area contributed by atoms with Gasteiger partial charge in [-0.1, -0.05) is 72.4 Å². The fourth-order valence-corrected chi connectivity index (χ4v) is 4.85. The number of benzene rings is 3. The molecule has 1 aliphatic heterocycles. The fraction of sp³-hybridized carbons (Fsp3) is 0.148. The Morgan fingerprint density at radius 3 is 2.32 bits per heavy atom. The maximum atomic E-state index is 13.4. The van der Waals surface area contributed by atoms with E-state index in [4.69, 9.17) is 9.84 Å². The van der Waals surface area contributed by atoms with Crippen LogP contribution >= 0.6 is 11.8 Å². The van der Waals surface area contributed by atoms with E-state index in [1.807, 2.05) is 60.7 Å². The maximum absolute atomic E-state index is 13.4. The van der Waals surface area contributed by atoms with Crippen LogP contribution in [0, 0.1) is 10.1 Å². The lowest BCUT2D eigenvalue weighted by atomic mass is 9.95. The Bertz CT molecular complexity index is 1450. The molecule has 1 atom stereocenters. The van der Waals surface area contributed by atoms with Crippen LogP contribution in [0.5, 0.6) is 0 Å². The molecule has 0 spiro atoms. The average molecular weight is 514 g/mol. The number of carbonyl (C=O) groups is 1. The summed E-state index contributed by atoms with van der Waals surface area (Å²) in [6.07, 6.45) is 0. The number of allylic oxidation sites excluding steroid dienone is 1. The fourth-order valence-electron chi connectivity index (χ4n) is 4.07. The van der Waals surface area contributed by atoms with Gasteiger partial charge in [-0.2, -0.15) is 4.98 Å². The number of anilines is 1. The molecular weight excluding hydrogens is 490 g/mol. The molecule has 0 bridgehead atoms. The number of fused-ring (bicyclic) bond motifs is 1. The highest BCUT2D eigenvalue weighted by Crippen LogP contribution is 2.37. The SMILES string of the molecule is CC1=C(C(=O)OCc2ccccc2)C(c2ccc([N+](=O)[O-])cc2)n2nc(SCc3ccccc3)nc2N1. The van der Waals surface area contributed by atoms with Crippen molar-refractivity contribution < 1.29 is 14.5 Å². The summed E-state index contributed by atoms with van der Waals surface area (Å²) in [7, 11) is 0. The Morgan fingerprint density at radius 1 is 1.03 bits per heavy atom. The second-order valence-electron chi connectivity index (χ2n) is 8.41. The first-order valence-electron chi connectivity index (χ1n) is 11.6. The van der Waals surface area contributed by atoms with Crippen molar-refractivity contribution in [3.8, 4) is 0 Å². The normalized spacial score (nSPS) is 14.6. The number of thioether (sulfide) groups is 1. The molecule has 0 radical (unpaired) electrons. The number of hydrogen-bond donors (Lipinski definition) is 1. The summed E-state index contributed by atoms with van der Waals surface area (Å²) < 4.78 is 7.31. The van der Waals surface area contributed by atoms with Crippen LogP contribution in [0.3, 0.4) is 0 Å². The number of non-ortho nitro benzene ring substituents is 1. The van der Waals surface area contributed by atoms with Gasteiger partial charge >= 0.3 is 5.97 Å². The van der Waals surface area contributed by atoms with Gasteiger partial charge in [0.05, 0.1) is 10.5 Å². The van der Waals surface area contributed by atoms with Crippen LogP contribution in [0.2, 0.25) is 0 Å². The van der Waals surface area contributed by atoms with Gasteiger partial charge in [0.2, 0.25) is 11.1 Å². The molecule has 0 saturated heterocycles. The lowest BCUT2D eigenvalue weighted by Crippen LogP contribution is -2.29. The molecule has 2 heterocycles. The van der Waals surface area contributed by atoms with Crippen LogP contribution in [-0.4, -0.2) is 25.7 Å². The molecule has 1 unspecified atom stereocenters. The molecule has 9 nitrogen and oxygen atoms in total. The van der Waals surface area contributed by atoms with Gasteiger partial charge in [-0.05, 0) is 35.7 Å². The van der Waals surface area contributed by atoms with Crippen LogP contribution in [-0.2, 0) is 21.9 Å². The van der Waals surface area contributed by atoms with E-state index in [0.29, 0.717) is 33.7 Å². The van der Waals surface area contributed by atoms with Gasteiger partial charge in [0.15, 0.2) is 0 Å². The molecule has 5 rings (SSSR count). The summed E-state index contributed by atoms with van der Waals surface area (Å²) in [5.74, 6) is 0.665. The van der Waals surface area contributed by atoms with Crippen molar-refractivity contribution in [2.24, 2.45) is 0 Å². The van der Waals surface area contributed by atoms with Crippen LogP contribution in [0.15, 0.2) is 101 Å². The Balaban J connectivity index is 1.46. The summed E-state index contributed by atoms with van der Waals surface area (Å²) in [5, 5.41) is 19.6. The zero-order valence-corrected chi connectivity index (χ0v) is 20.7. The smallest absolute Gasteiger partial charge is 0.338 e. The topological polar surface area (TPSA) is 112 Å². The molecular formula is C27H23N5O4S. The summed E-state index contributed by atoms with van der Waals surface area (Å²) >= 11 is 1.48. The molecule has 10 heteroatoms. The lowest BCUT2D eigenvalue weighted by Gasteiger charge is -2.28. The number of esters is 1. The molecule has 3 aromatic carbocycles. The van der Waals surface area contributed by atoms with Crippen molar-refractivity contribution in [3.05, 3.63) is 123 Å². The predicted octanol–water partition coefficient (Wildman–Crippen LogP) is 5.51. The largest absolute Gasteiger partial charge is 0.457 e. The third-order valence-corrected chi connectivity index (χ3v) is 6.81. The van der Waals surface area contributed by atoms with E-state index in [9.17, 15) is 14.9 Å². The molecule has 4 aromatic rings. The number of rotatable bonds is 8. The standard InChI is InChI=1S/C27H23N5O4S/c1-18-23(25(33)36-16-19-8-4-2-5-9-19)24(21-12-14-22(15-13-21)32(34)35)31-26(28-18)29-27(30-31)37-17-20-10-6-3-7-11-20/h2-15,24H,16-17H2,1H3,(H,28,29,30). The van der Waals surface area contributed by atoms with Gasteiger partial charge < -0.3 is 10.1 Å². The molecule has 1 N–H and O–H groups in total. The Kier molecular flexibility index (Phi) is 7.00. The number of nitro benzene ring substituents is 1. The third kappa shape index (κ3) is 5.39. The van der Waals surface area contributed by atoms with E-state index >= 15 is 0 Å². The minimum Gasteiger partial charge on any atom is -0.457 e. The first kappa shape index (κ1) is 24.3. The van der Waals surface area contributed by atoms with E-state index in [-0.39, 0.29) is 12.3 Å². The third-order valence-electron chi connectivity index (χ3n) is 5.90. The number of nitro groups is 1. The van der Waals surface area contributed by atoms with E-state index in [2.05, 4.69) is 10.3 Å². The van der Waals surface area contributed by atoms with Gasteiger partial charge in [0, 0.05) is 23.6 Å². The number of ether oxygens (including phenoxy) is 1.